The number of halogens is 1. The van der Waals surface area contributed by atoms with Crippen molar-refractivity contribution < 1.29 is 0 Å². The Kier molecular flexibility index (Phi) is 2.70. The molecule has 2 nitrogen and oxygen atoms in total. The predicted molar refractivity (Wildman–Crippen MR) is 66.4 cm³/mol. The standard InChI is InChI=1S/C13H15ClN2/c14-11-6-10(7-15-8-11)12-4-3-9-2-1-5-16-13(9)12/h4,6-9,13,16H,1-3,5H2/t9-,13-/m1/s1. The minimum atomic E-state index is 0.522. The first-order chi connectivity index (χ1) is 7.84. The van der Waals surface area contributed by atoms with Gasteiger partial charge in [0.2, 0.25) is 0 Å². The lowest BCUT2D eigenvalue weighted by Crippen LogP contribution is -2.39. The summed E-state index contributed by atoms with van der Waals surface area (Å²) in [5.74, 6) is 0.780. The molecule has 1 fully saturated rings. The number of piperidine rings is 1. The second-order valence-electron chi connectivity index (χ2n) is 4.62. The third-order valence-corrected chi connectivity index (χ3v) is 3.81. The van der Waals surface area contributed by atoms with Crippen LogP contribution in [0, 0.1) is 5.92 Å². The average Bonchev–Trinajstić information content (AvgIpc) is 2.72. The number of aromatic nitrogens is 1. The molecule has 1 aliphatic carbocycles. The fraction of sp³-hybridized carbons (Fsp3) is 0.462. The number of fused-ring (bicyclic) bond motifs is 1. The first-order valence-corrected chi connectivity index (χ1v) is 6.27. The second kappa shape index (κ2) is 4.19. The lowest BCUT2D eigenvalue weighted by atomic mass is 9.89. The molecule has 16 heavy (non-hydrogen) atoms. The summed E-state index contributed by atoms with van der Waals surface area (Å²) in [4.78, 5) is 4.17. The summed E-state index contributed by atoms with van der Waals surface area (Å²) in [7, 11) is 0. The van der Waals surface area contributed by atoms with Crippen LogP contribution in [-0.4, -0.2) is 17.6 Å². The highest BCUT2D eigenvalue weighted by Crippen LogP contribution is 2.37. The zero-order valence-electron chi connectivity index (χ0n) is 9.12. The van der Waals surface area contributed by atoms with Crippen molar-refractivity contribution in [3.63, 3.8) is 0 Å². The fourth-order valence-electron chi connectivity index (χ4n) is 2.85. The van der Waals surface area contributed by atoms with Crippen molar-refractivity contribution in [2.75, 3.05) is 6.54 Å². The van der Waals surface area contributed by atoms with Gasteiger partial charge in [-0.1, -0.05) is 17.7 Å². The Morgan fingerprint density at radius 1 is 1.38 bits per heavy atom. The van der Waals surface area contributed by atoms with Gasteiger partial charge in [0.15, 0.2) is 0 Å². The number of rotatable bonds is 1. The van der Waals surface area contributed by atoms with Gasteiger partial charge in [0.25, 0.3) is 0 Å². The molecule has 2 aliphatic rings. The van der Waals surface area contributed by atoms with Crippen molar-refractivity contribution in [3.8, 4) is 0 Å². The number of pyridine rings is 1. The number of nitrogens with zero attached hydrogens (tertiary/aromatic N) is 1. The largest absolute Gasteiger partial charge is 0.310 e. The van der Waals surface area contributed by atoms with Gasteiger partial charge >= 0.3 is 0 Å². The van der Waals surface area contributed by atoms with Gasteiger partial charge in [0.1, 0.15) is 0 Å². The fourth-order valence-corrected chi connectivity index (χ4v) is 3.02. The molecule has 1 N–H and O–H groups in total. The van der Waals surface area contributed by atoms with E-state index < -0.39 is 0 Å². The first-order valence-electron chi connectivity index (χ1n) is 5.89. The molecule has 1 aliphatic heterocycles. The van der Waals surface area contributed by atoms with Gasteiger partial charge in [-0.2, -0.15) is 0 Å². The highest BCUT2D eigenvalue weighted by molar-refractivity contribution is 6.30. The van der Waals surface area contributed by atoms with Crippen LogP contribution in [0.15, 0.2) is 24.5 Å². The maximum absolute atomic E-state index is 5.99. The summed E-state index contributed by atoms with van der Waals surface area (Å²) in [6.45, 7) is 1.13. The molecule has 2 heterocycles. The van der Waals surface area contributed by atoms with Gasteiger partial charge in [0.05, 0.1) is 5.02 Å². The summed E-state index contributed by atoms with van der Waals surface area (Å²) in [6.07, 6.45) is 9.78. The third kappa shape index (κ3) is 1.76. The molecule has 1 aromatic rings. The highest BCUT2D eigenvalue weighted by atomic mass is 35.5. The van der Waals surface area contributed by atoms with Crippen LogP contribution in [0.2, 0.25) is 5.02 Å². The molecule has 1 aromatic heterocycles. The van der Waals surface area contributed by atoms with Crippen LogP contribution in [0.3, 0.4) is 0 Å². The monoisotopic (exact) mass is 234 g/mol. The van der Waals surface area contributed by atoms with Gasteiger partial charge in [0, 0.05) is 18.4 Å². The average molecular weight is 235 g/mol. The number of allylic oxidation sites excluding steroid dienone is 1. The van der Waals surface area contributed by atoms with Crippen LogP contribution in [0.4, 0.5) is 0 Å². The number of hydrogen-bond donors (Lipinski definition) is 1. The van der Waals surface area contributed by atoms with E-state index in [2.05, 4.69) is 16.4 Å². The van der Waals surface area contributed by atoms with E-state index in [1.165, 1.54) is 30.4 Å². The van der Waals surface area contributed by atoms with Gasteiger partial charge < -0.3 is 5.32 Å². The van der Waals surface area contributed by atoms with Crippen LogP contribution < -0.4 is 5.32 Å². The van der Waals surface area contributed by atoms with E-state index in [-0.39, 0.29) is 0 Å². The van der Waals surface area contributed by atoms with Gasteiger partial charge in [-0.15, -0.1) is 0 Å². The molecule has 0 radical (unpaired) electrons. The van der Waals surface area contributed by atoms with E-state index in [1.54, 1.807) is 6.20 Å². The van der Waals surface area contributed by atoms with Crippen molar-refractivity contribution in [1.29, 1.82) is 0 Å². The molecule has 0 bridgehead atoms. The Labute approximate surface area is 101 Å². The summed E-state index contributed by atoms with van der Waals surface area (Å²) in [5.41, 5.74) is 2.56. The van der Waals surface area contributed by atoms with Crippen LogP contribution in [0.5, 0.6) is 0 Å². The van der Waals surface area contributed by atoms with Crippen molar-refractivity contribution in [3.05, 3.63) is 35.1 Å². The van der Waals surface area contributed by atoms with E-state index in [1.807, 2.05) is 12.3 Å². The molecular formula is C13H15ClN2. The molecule has 1 saturated heterocycles. The summed E-state index contributed by atoms with van der Waals surface area (Å²) in [5, 5.41) is 4.33. The summed E-state index contributed by atoms with van der Waals surface area (Å²) >= 11 is 5.99. The zero-order valence-corrected chi connectivity index (χ0v) is 9.87. The molecule has 0 aromatic carbocycles. The zero-order chi connectivity index (χ0) is 11.0. The smallest absolute Gasteiger partial charge is 0.0595 e. The number of hydrogen-bond acceptors (Lipinski definition) is 2. The molecule has 3 rings (SSSR count). The topological polar surface area (TPSA) is 24.9 Å². The van der Waals surface area contributed by atoms with Gasteiger partial charge in [-0.05, 0) is 48.9 Å². The Morgan fingerprint density at radius 2 is 2.31 bits per heavy atom. The predicted octanol–water partition coefficient (Wildman–Crippen LogP) is 2.89. The Balaban J connectivity index is 1.90. The molecule has 0 saturated carbocycles. The number of nitrogens with one attached hydrogen (secondary N) is 1. The van der Waals surface area contributed by atoms with Crippen molar-refractivity contribution >= 4 is 17.2 Å². The molecule has 0 amide bonds. The molecule has 0 spiro atoms. The molecular weight excluding hydrogens is 220 g/mol. The maximum atomic E-state index is 5.99. The van der Waals surface area contributed by atoms with E-state index in [0.29, 0.717) is 6.04 Å². The van der Waals surface area contributed by atoms with Crippen LogP contribution >= 0.6 is 11.6 Å². The maximum Gasteiger partial charge on any atom is 0.0595 e. The van der Waals surface area contributed by atoms with Crippen LogP contribution in [-0.2, 0) is 0 Å². The minimum absolute atomic E-state index is 0.522. The SMILES string of the molecule is Clc1cncc(C2=CC[C@H]3CCCN[C@@H]23)c1. The van der Waals surface area contributed by atoms with E-state index in [9.17, 15) is 0 Å². The quantitative estimate of drug-likeness (QED) is 0.808. The third-order valence-electron chi connectivity index (χ3n) is 3.60. The minimum Gasteiger partial charge on any atom is -0.310 e. The Bertz CT molecular complexity index is 428. The Morgan fingerprint density at radius 3 is 3.19 bits per heavy atom. The van der Waals surface area contributed by atoms with Crippen LogP contribution in [0.25, 0.3) is 5.57 Å². The summed E-state index contributed by atoms with van der Waals surface area (Å²) < 4.78 is 0. The molecule has 3 heteroatoms. The molecule has 84 valence electrons. The van der Waals surface area contributed by atoms with Crippen LogP contribution in [0.1, 0.15) is 24.8 Å². The summed E-state index contributed by atoms with van der Waals surface area (Å²) in [6, 6.07) is 2.54. The van der Waals surface area contributed by atoms with Crippen molar-refractivity contribution in [2.24, 2.45) is 5.92 Å². The molecule has 2 atom stereocenters. The normalized spacial score (nSPS) is 28.7. The van der Waals surface area contributed by atoms with E-state index in [0.717, 1.165) is 17.5 Å². The second-order valence-corrected chi connectivity index (χ2v) is 5.06. The highest BCUT2D eigenvalue weighted by Gasteiger charge is 2.32. The van der Waals surface area contributed by atoms with E-state index >= 15 is 0 Å². The van der Waals surface area contributed by atoms with Crippen molar-refractivity contribution in [1.82, 2.24) is 10.3 Å². The lowest BCUT2D eigenvalue weighted by molar-refractivity contribution is 0.346. The molecule has 0 unspecified atom stereocenters. The first kappa shape index (κ1) is 10.3. The Hall–Kier alpha value is -0.860. The van der Waals surface area contributed by atoms with Gasteiger partial charge in [-0.25, -0.2) is 0 Å². The van der Waals surface area contributed by atoms with Gasteiger partial charge in [-0.3, -0.25) is 4.98 Å². The van der Waals surface area contributed by atoms with Crippen molar-refractivity contribution in [2.45, 2.75) is 25.3 Å². The lowest BCUT2D eigenvalue weighted by Gasteiger charge is -2.29. The van der Waals surface area contributed by atoms with E-state index in [4.69, 9.17) is 11.6 Å².